The lowest BCUT2D eigenvalue weighted by Gasteiger charge is -2.60. The number of Topliss-reactive ketones (excluding diaryl/α,β-unsaturated/α-hetero) is 1. The molecule has 2 heteroatoms. The predicted octanol–water partition coefficient (Wildman–Crippen LogP) is 12.7. The van der Waals surface area contributed by atoms with Gasteiger partial charge in [0.05, 0.1) is 12.0 Å². The first-order valence-electron chi connectivity index (χ1n) is 20.5. The van der Waals surface area contributed by atoms with Crippen LogP contribution < -0.4 is 0 Å². The Labute approximate surface area is 280 Å². The number of hydrogen-bond donors (Lipinski definition) is 1. The van der Waals surface area contributed by atoms with Crippen LogP contribution in [0.1, 0.15) is 196 Å². The van der Waals surface area contributed by atoms with E-state index in [2.05, 4.69) is 47.6 Å². The number of ketones is 1. The summed E-state index contributed by atoms with van der Waals surface area (Å²) in [6.07, 6.45) is 32.7. The van der Waals surface area contributed by atoms with Crippen LogP contribution in [0.15, 0.2) is 11.6 Å². The molecule has 0 aromatic carbocycles. The summed E-state index contributed by atoms with van der Waals surface area (Å²) in [7, 11) is 0. The van der Waals surface area contributed by atoms with E-state index in [0.717, 1.165) is 42.9 Å². The fraction of sp³-hybridized carbons (Fsp3) is 0.930. The molecule has 3 saturated carbocycles. The number of aliphatic hydroxyl groups excluding tert-OH is 1. The maximum atomic E-state index is 14.0. The first-order chi connectivity index (χ1) is 21.6. The van der Waals surface area contributed by atoms with Crippen LogP contribution in [-0.4, -0.2) is 17.0 Å². The van der Waals surface area contributed by atoms with Crippen molar-refractivity contribution in [1.29, 1.82) is 0 Å². The molecule has 4 aliphatic rings. The van der Waals surface area contributed by atoms with Crippen molar-refractivity contribution >= 4 is 5.78 Å². The Kier molecular flexibility index (Phi) is 14.6. The van der Waals surface area contributed by atoms with E-state index in [1.54, 1.807) is 0 Å². The van der Waals surface area contributed by atoms with Gasteiger partial charge in [0.2, 0.25) is 0 Å². The van der Waals surface area contributed by atoms with Crippen LogP contribution in [0.3, 0.4) is 0 Å². The molecule has 3 fully saturated rings. The van der Waals surface area contributed by atoms with Crippen LogP contribution in [0.4, 0.5) is 0 Å². The third-order valence-electron chi connectivity index (χ3n) is 14.4. The van der Waals surface area contributed by atoms with Crippen molar-refractivity contribution in [2.24, 2.45) is 52.3 Å². The van der Waals surface area contributed by atoms with Crippen LogP contribution in [0.5, 0.6) is 0 Å². The highest BCUT2D eigenvalue weighted by Crippen LogP contribution is 2.68. The average Bonchev–Trinajstić information content (AvgIpc) is 3.36. The minimum atomic E-state index is -0.453. The van der Waals surface area contributed by atoms with E-state index >= 15 is 0 Å². The van der Waals surface area contributed by atoms with Gasteiger partial charge in [0, 0.05) is 11.8 Å². The number of allylic oxidation sites excluding steroid dienone is 2. The summed E-state index contributed by atoms with van der Waals surface area (Å²) in [6, 6.07) is 0. The summed E-state index contributed by atoms with van der Waals surface area (Å²) in [5.74, 6) is 4.76. The minimum absolute atomic E-state index is 0.128. The van der Waals surface area contributed by atoms with Crippen molar-refractivity contribution in [3.05, 3.63) is 11.6 Å². The monoisotopic (exact) mass is 625 g/mol. The number of carbonyl (C=O) groups excluding carboxylic acids is 1. The van der Waals surface area contributed by atoms with E-state index in [4.69, 9.17) is 0 Å². The van der Waals surface area contributed by atoms with E-state index in [1.165, 1.54) is 134 Å². The molecule has 9 atom stereocenters. The maximum absolute atomic E-state index is 14.0. The zero-order valence-electron chi connectivity index (χ0n) is 31.0. The van der Waals surface area contributed by atoms with Gasteiger partial charge in [-0.05, 0) is 92.3 Å². The van der Waals surface area contributed by atoms with Crippen molar-refractivity contribution in [2.75, 3.05) is 0 Å². The Morgan fingerprint density at radius 1 is 0.800 bits per heavy atom. The fourth-order valence-corrected chi connectivity index (χ4v) is 11.8. The summed E-state index contributed by atoms with van der Waals surface area (Å²) in [5, 5.41) is 11.5. The van der Waals surface area contributed by atoms with Crippen LogP contribution in [-0.2, 0) is 4.79 Å². The van der Waals surface area contributed by atoms with Gasteiger partial charge >= 0.3 is 0 Å². The van der Waals surface area contributed by atoms with Gasteiger partial charge in [0.15, 0.2) is 0 Å². The number of hydrogen-bond acceptors (Lipinski definition) is 2. The van der Waals surface area contributed by atoms with E-state index in [9.17, 15) is 9.90 Å². The second-order valence-corrected chi connectivity index (χ2v) is 17.7. The lowest BCUT2D eigenvalue weighted by Crippen LogP contribution is -2.57. The average molecular weight is 625 g/mol. The van der Waals surface area contributed by atoms with Gasteiger partial charge in [-0.15, -0.1) is 0 Å². The highest BCUT2D eigenvalue weighted by Gasteiger charge is 2.62. The lowest BCUT2D eigenvalue weighted by molar-refractivity contribution is -0.143. The van der Waals surface area contributed by atoms with Crippen molar-refractivity contribution in [2.45, 2.75) is 202 Å². The van der Waals surface area contributed by atoms with Crippen LogP contribution >= 0.6 is 0 Å². The molecule has 0 spiro atoms. The van der Waals surface area contributed by atoms with Crippen molar-refractivity contribution < 1.29 is 9.90 Å². The van der Waals surface area contributed by atoms with Gasteiger partial charge in [0.25, 0.3) is 0 Å². The fourth-order valence-electron chi connectivity index (χ4n) is 11.8. The quantitative estimate of drug-likeness (QED) is 0.108. The minimum Gasteiger partial charge on any atom is -0.392 e. The molecule has 4 rings (SSSR count). The molecular weight excluding hydrogens is 548 g/mol. The smallest absolute Gasteiger partial charge is 0.139 e. The third kappa shape index (κ3) is 8.89. The second kappa shape index (κ2) is 17.7. The van der Waals surface area contributed by atoms with E-state index in [1.807, 2.05) is 0 Å². The molecule has 0 bridgehead atoms. The zero-order valence-corrected chi connectivity index (χ0v) is 31.0. The molecule has 2 nitrogen and oxygen atoms in total. The number of aliphatic hydroxyl groups is 1. The molecule has 0 aliphatic heterocycles. The Hall–Kier alpha value is -0.630. The first-order valence-corrected chi connectivity index (χ1v) is 20.5. The molecule has 260 valence electrons. The highest BCUT2D eigenvalue weighted by atomic mass is 16.3. The Morgan fingerprint density at radius 3 is 2.04 bits per heavy atom. The number of carbonyl (C=O) groups is 1. The third-order valence-corrected chi connectivity index (χ3v) is 14.4. The maximum Gasteiger partial charge on any atom is 0.139 e. The molecule has 0 heterocycles. The van der Waals surface area contributed by atoms with Crippen molar-refractivity contribution in [1.82, 2.24) is 0 Å². The molecular formula is C43H76O2. The zero-order chi connectivity index (χ0) is 32.5. The molecule has 4 aliphatic carbocycles. The Bertz CT molecular complexity index is 919. The molecule has 0 aromatic heterocycles. The summed E-state index contributed by atoms with van der Waals surface area (Å²) in [5.41, 5.74) is 1.87. The predicted molar refractivity (Wildman–Crippen MR) is 193 cm³/mol. The SMILES string of the molecule is CCCCCCCCCCCCCCCC(=O)C1C(O)CCC2=CC[C@H]3[C@@H]4CC[C@H]([C@H](C)CCCC(C)C)[C@@]4(C)CC[C@@H]3[C@]21C. The van der Waals surface area contributed by atoms with E-state index < -0.39 is 6.10 Å². The molecule has 45 heavy (non-hydrogen) atoms. The summed E-state index contributed by atoms with van der Waals surface area (Å²) in [4.78, 5) is 14.0. The Balaban J connectivity index is 1.28. The molecule has 0 radical (unpaired) electrons. The molecule has 0 saturated heterocycles. The number of rotatable bonds is 20. The van der Waals surface area contributed by atoms with E-state index in [0.29, 0.717) is 29.5 Å². The van der Waals surface area contributed by atoms with Gasteiger partial charge < -0.3 is 5.11 Å². The van der Waals surface area contributed by atoms with Gasteiger partial charge in [-0.1, -0.05) is 150 Å². The molecule has 0 amide bonds. The summed E-state index contributed by atoms with van der Waals surface area (Å²) >= 11 is 0. The largest absolute Gasteiger partial charge is 0.392 e. The van der Waals surface area contributed by atoms with Gasteiger partial charge in [-0.3, -0.25) is 4.79 Å². The summed E-state index contributed by atoms with van der Waals surface area (Å²) in [6.45, 7) is 14.7. The normalized spacial score (nSPS) is 35.1. The summed E-state index contributed by atoms with van der Waals surface area (Å²) < 4.78 is 0. The number of fused-ring (bicyclic) bond motifs is 5. The molecule has 2 unspecified atom stereocenters. The molecule has 0 aromatic rings. The topological polar surface area (TPSA) is 37.3 Å². The van der Waals surface area contributed by atoms with Crippen LogP contribution in [0.2, 0.25) is 0 Å². The van der Waals surface area contributed by atoms with Crippen molar-refractivity contribution in [3.8, 4) is 0 Å². The second-order valence-electron chi connectivity index (χ2n) is 17.7. The van der Waals surface area contributed by atoms with E-state index in [-0.39, 0.29) is 11.3 Å². The first kappa shape index (κ1) is 37.2. The van der Waals surface area contributed by atoms with Crippen LogP contribution in [0, 0.1) is 52.3 Å². The standard InChI is InChI=1S/C43H76O2/c1-7-8-9-10-11-12-13-14-15-16-17-18-19-23-39(44)41-40(45)29-25-34-24-26-35-37-28-27-36(33(4)22-20-21-32(2)3)42(37,5)31-30-38(35)43(34,41)6/h24,32-33,35-38,40-41,45H,7-23,25-31H2,1-6H3/t33-,35+,36-,37+,38+,40?,41?,42-,43+/m1/s1. The molecule has 1 N–H and O–H groups in total. The lowest BCUT2D eigenvalue weighted by atomic mass is 9.44. The van der Waals surface area contributed by atoms with Crippen molar-refractivity contribution in [3.63, 3.8) is 0 Å². The van der Waals surface area contributed by atoms with Gasteiger partial charge in [0.1, 0.15) is 5.78 Å². The van der Waals surface area contributed by atoms with Crippen LogP contribution in [0.25, 0.3) is 0 Å². The Morgan fingerprint density at radius 2 is 1.42 bits per heavy atom. The van der Waals surface area contributed by atoms with Gasteiger partial charge in [-0.2, -0.15) is 0 Å². The highest BCUT2D eigenvalue weighted by molar-refractivity contribution is 5.83. The number of unbranched alkanes of at least 4 members (excludes halogenated alkanes) is 12. The van der Waals surface area contributed by atoms with Gasteiger partial charge in [-0.25, -0.2) is 0 Å².